The van der Waals surface area contributed by atoms with Gasteiger partial charge in [-0.05, 0) is 12.5 Å². The molecule has 1 amide bonds. The second-order valence-corrected chi connectivity index (χ2v) is 4.54. The van der Waals surface area contributed by atoms with Crippen LogP contribution >= 0.6 is 0 Å². The predicted molar refractivity (Wildman–Crippen MR) is 78.2 cm³/mol. The Morgan fingerprint density at radius 2 is 2.21 bits per heavy atom. The number of hydrogen-bond acceptors (Lipinski definition) is 2. The van der Waals surface area contributed by atoms with Crippen molar-refractivity contribution in [3.63, 3.8) is 0 Å². The molecule has 1 aromatic carbocycles. The van der Waals surface area contributed by atoms with Crippen molar-refractivity contribution < 1.29 is 4.79 Å². The molecule has 2 aromatic rings. The van der Waals surface area contributed by atoms with Gasteiger partial charge in [0.1, 0.15) is 0 Å². The molecule has 0 atom stereocenters. The molecule has 2 N–H and O–H groups in total. The Labute approximate surface area is 112 Å². The number of aromatic nitrogens is 1. The number of H-pyrrole nitrogens is 1. The summed E-state index contributed by atoms with van der Waals surface area (Å²) in [6.07, 6.45) is 7.23. The minimum atomic E-state index is -0.0236. The normalized spacial score (nSPS) is 11.2. The zero-order valence-corrected chi connectivity index (χ0v) is 11.1. The van der Waals surface area contributed by atoms with Crippen molar-refractivity contribution in [2.45, 2.75) is 32.6 Å². The van der Waals surface area contributed by atoms with Crippen molar-refractivity contribution in [3.05, 3.63) is 36.0 Å². The number of carbonyl (C=O) groups excluding carboxylic acids is 1. The first-order valence-corrected chi connectivity index (χ1v) is 6.69. The standard InChI is InChI=1S/C15H19N3O/c1-2-3-4-9-15(19)18-17-11-12-10-16-14-8-6-5-7-13(12)14/h5-8,10-11,16H,2-4,9H2,1H3,(H,18,19)/b17-11+. The molecular formula is C15H19N3O. The first-order valence-electron chi connectivity index (χ1n) is 6.69. The third-order valence-electron chi connectivity index (χ3n) is 3.02. The second-order valence-electron chi connectivity index (χ2n) is 4.54. The van der Waals surface area contributed by atoms with E-state index in [-0.39, 0.29) is 5.91 Å². The van der Waals surface area contributed by atoms with Gasteiger partial charge in [0.2, 0.25) is 5.91 Å². The van der Waals surface area contributed by atoms with Crippen LogP contribution in [0.2, 0.25) is 0 Å². The molecule has 4 nitrogen and oxygen atoms in total. The maximum Gasteiger partial charge on any atom is 0.240 e. The summed E-state index contributed by atoms with van der Waals surface area (Å²) in [5.41, 5.74) is 4.61. The summed E-state index contributed by atoms with van der Waals surface area (Å²) in [5, 5.41) is 5.10. The van der Waals surface area contributed by atoms with Crippen LogP contribution in [0.25, 0.3) is 10.9 Å². The first-order chi connectivity index (χ1) is 9.31. The highest BCUT2D eigenvalue weighted by Gasteiger charge is 2.00. The van der Waals surface area contributed by atoms with Gasteiger partial charge in [-0.3, -0.25) is 4.79 Å². The average molecular weight is 257 g/mol. The number of hydrazone groups is 1. The molecule has 0 saturated heterocycles. The maximum atomic E-state index is 11.5. The van der Waals surface area contributed by atoms with Crippen molar-refractivity contribution in [3.8, 4) is 0 Å². The number of unbranched alkanes of at least 4 members (excludes halogenated alkanes) is 2. The summed E-state index contributed by atoms with van der Waals surface area (Å²) in [6.45, 7) is 2.12. The van der Waals surface area contributed by atoms with Crippen molar-refractivity contribution >= 4 is 23.0 Å². The Hall–Kier alpha value is -2.10. The molecular weight excluding hydrogens is 238 g/mol. The Morgan fingerprint density at radius 1 is 1.37 bits per heavy atom. The quantitative estimate of drug-likeness (QED) is 0.466. The number of benzene rings is 1. The smallest absolute Gasteiger partial charge is 0.240 e. The fraction of sp³-hybridized carbons (Fsp3) is 0.333. The van der Waals surface area contributed by atoms with Crippen LogP contribution in [0.3, 0.4) is 0 Å². The molecule has 0 fully saturated rings. The third kappa shape index (κ3) is 3.68. The Morgan fingerprint density at radius 3 is 3.05 bits per heavy atom. The number of nitrogens with zero attached hydrogens (tertiary/aromatic N) is 1. The molecule has 1 aromatic heterocycles. The van der Waals surface area contributed by atoms with Crippen LogP contribution in [-0.2, 0) is 4.79 Å². The van der Waals surface area contributed by atoms with E-state index in [1.807, 2.05) is 30.5 Å². The van der Waals surface area contributed by atoms with Crippen LogP contribution in [0, 0.1) is 0 Å². The van der Waals surface area contributed by atoms with Gasteiger partial charge in [-0.1, -0.05) is 38.0 Å². The Bertz CT molecular complexity index is 572. The van der Waals surface area contributed by atoms with E-state index in [0.29, 0.717) is 6.42 Å². The minimum Gasteiger partial charge on any atom is -0.361 e. The lowest BCUT2D eigenvalue weighted by molar-refractivity contribution is -0.121. The van der Waals surface area contributed by atoms with E-state index in [1.165, 1.54) is 0 Å². The fourth-order valence-electron chi connectivity index (χ4n) is 1.97. The van der Waals surface area contributed by atoms with E-state index in [1.54, 1.807) is 6.21 Å². The molecule has 0 radical (unpaired) electrons. The van der Waals surface area contributed by atoms with Crippen molar-refractivity contribution in [1.29, 1.82) is 0 Å². The molecule has 2 rings (SSSR count). The molecule has 0 spiro atoms. The van der Waals surface area contributed by atoms with Crippen LogP contribution in [0.1, 0.15) is 38.2 Å². The van der Waals surface area contributed by atoms with E-state index in [4.69, 9.17) is 0 Å². The second kappa shape index (κ2) is 6.73. The molecule has 0 aliphatic heterocycles. The van der Waals surface area contributed by atoms with E-state index < -0.39 is 0 Å². The zero-order valence-electron chi connectivity index (χ0n) is 11.1. The van der Waals surface area contributed by atoms with E-state index >= 15 is 0 Å². The van der Waals surface area contributed by atoms with Crippen LogP contribution < -0.4 is 5.43 Å². The summed E-state index contributed by atoms with van der Waals surface area (Å²) in [4.78, 5) is 14.6. The number of carbonyl (C=O) groups is 1. The van der Waals surface area contributed by atoms with Crippen molar-refractivity contribution in [2.24, 2.45) is 5.10 Å². The van der Waals surface area contributed by atoms with Crippen LogP contribution in [0.15, 0.2) is 35.6 Å². The van der Waals surface area contributed by atoms with E-state index in [2.05, 4.69) is 22.4 Å². The highest BCUT2D eigenvalue weighted by Crippen LogP contribution is 2.15. The van der Waals surface area contributed by atoms with Gasteiger partial charge in [-0.2, -0.15) is 5.10 Å². The number of amides is 1. The van der Waals surface area contributed by atoms with Gasteiger partial charge >= 0.3 is 0 Å². The topological polar surface area (TPSA) is 57.2 Å². The summed E-state index contributed by atoms with van der Waals surface area (Å²) in [5.74, 6) is -0.0236. The van der Waals surface area contributed by atoms with Gasteiger partial charge in [0.05, 0.1) is 6.21 Å². The average Bonchev–Trinajstić information content (AvgIpc) is 2.83. The molecule has 4 heteroatoms. The lowest BCUT2D eigenvalue weighted by Gasteiger charge is -1.98. The highest BCUT2D eigenvalue weighted by molar-refractivity contribution is 5.99. The van der Waals surface area contributed by atoms with Gasteiger partial charge < -0.3 is 4.98 Å². The monoisotopic (exact) mass is 257 g/mol. The number of nitrogens with one attached hydrogen (secondary N) is 2. The summed E-state index contributed by atoms with van der Waals surface area (Å²) in [6, 6.07) is 8.00. The summed E-state index contributed by atoms with van der Waals surface area (Å²) >= 11 is 0. The molecule has 0 aliphatic carbocycles. The molecule has 0 unspecified atom stereocenters. The van der Waals surface area contributed by atoms with Gasteiger partial charge in [0.15, 0.2) is 0 Å². The van der Waals surface area contributed by atoms with Crippen LogP contribution in [-0.4, -0.2) is 17.1 Å². The number of para-hydroxylation sites is 1. The van der Waals surface area contributed by atoms with Crippen molar-refractivity contribution in [1.82, 2.24) is 10.4 Å². The largest absolute Gasteiger partial charge is 0.361 e. The summed E-state index contributed by atoms with van der Waals surface area (Å²) < 4.78 is 0. The zero-order chi connectivity index (χ0) is 13.5. The lowest BCUT2D eigenvalue weighted by Crippen LogP contribution is -2.16. The lowest BCUT2D eigenvalue weighted by atomic mass is 10.2. The Balaban J connectivity index is 1.90. The predicted octanol–water partition coefficient (Wildman–Crippen LogP) is 3.20. The van der Waals surface area contributed by atoms with Crippen molar-refractivity contribution in [2.75, 3.05) is 0 Å². The summed E-state index contributed by atoms with van der Waals surface area (Å²) in [7, 11) is 0. The number of fused-ring (bicyclic) bond motifs is 1. The molecule has 0 saturated carbocycles. The fourth-order valence-corrected chi connectivity index (χ4v) is 1.97. The first kappa shape index (κ1) is 13.3. The van der Waals surface area contributed by atoms with Gasteiger partial charge in [0, 0.05) is 29.1 Å². The minimum absolute atomic E-state index is 0.0236. The maximum absolute atomic E-state index is 11.5. The third-order valence-corrected chi connectivity index (χ3v) is 3.02. The van der Waals surface area contributed by atoms with Gasteiger partial charge in [-0.15, -0.1) is 0 Å². The van der Waals surface area contributed by atoms with Crippen LogP contribution in [0.5, 0.6) is 0 Å². The van der Waals surface area contributed by atoms with E-state index in [9.17, 15) is 4.79 Å². The highest BCUT2D eigenvalue weighted by atomic mass is 16.2. The number of aromatic amines is 1. The molecule has 1 heterocycles. The SMILES string of the molecule is CCCCCC(=O)N/N=C/c1c[nH]c2ccccc12. The van der Waals surface area contributed by atoms with Crippen LogP contribution in [0.4, 0.5) is 0 Å². The Kier molecular flexibility index (Phi) is 4.72. The number of rotatable bonds is 6. The molecule has 100 valence electrons. The molecule has 0 aliphatic rings. The van der Waals surface area contributed by atoms with Gasteiger partial charge in [-0.25, -0.2) is 5.43 Å². The van der Waals surface area contributed by atoms with Gasteiger partial charge in [0.25, 0.3) is 0 Å². The number of hydrogen-bond donors (Lipinski definition) is 2. The van der Waals surface area contributed by atoms with E-state index in [0.717, 1.165) is 35.7 Å². The molecule has 19 heavy (non-hydrogen) atoms. The molecule has 0 bridgehead atoms.